The van der Waals surface area contributed by atoms with E-state index in [9.17, 15) is 13.6 Å². The summed E-state index contributed by atoms with van der Waals surface area (Å²) in [5.41, 5.74) is 4.54. The molecule has 0 fully saturated rings. The number of carbonyl (C=O) groups excluding carboxylic acids is 1. The lowest BCUT2D eigenvalue weighted by Crippen LogP contribution is -2.13. The second-order valence-electron chi connectivity index (χ2n) is 2.37. The van der Waals surface area contributed by atoms with Crippen LogP contribution in [-0.4, -0.2) is 10.9 Å². The molecule has 0 saturated carbocycles. The molecule has 1 aromatic heterocycles. The molecule has 1 heterocycles. The lowest BCUT2D eigenvalue weighted by molar-refractivity contribution is 0.0998. The number of amides is 1. The lowest BCUT2D eigenvalue weighted by Gasteiger charge is -2.05. The Morgan fingerprint density at radius 1 is 1.43 bits per heavy atom. The first-order valence-corrected chi connectivity index (χ1v) is 4.96. The van der Waals surface area contributed by atoms with Gasteiger partial charge >= 0.3 is 0 Å². The Kier molecular flexibility index (Phi) is 3.54. The lowest BCUT2D eigenvalue weighted by atomic mass is 10.2. The smallest absolute Gasteiger partial charge is 0.266 e. The fourth-order valence-corrected chi connectivity index (χ4v) is 2.00. The highest BCUT2D eigenvalue weighted by atomic mass is 79.9. The average molecular weight is 330 g/mol. The van der Waals surface area contributed by atoms with Gasteiger partial charge in [-0.1, -0.05) is 0 Å². The Labute approximate surface area is 94.9 Å². The van der Waals surface area contributed by atoms with Gasteiger partial charge in [0.25, 0.3) is 12.3 Å². The van der Waals surface area contributed by atoms with Crippen molar-refractivity contribution >= 4 is 37.8 Å². The standard InChI is InChI=1S/C7H4Br2F2N2O/c8-4-2(6(10)11)1-3(7(12)14)5(9)13-4/h1,6H,(H2,12,14). The molecule has 0 radical (unpaired) electrons. The molecule has 0 unspecified atom stereocenters. The number of nitrogens with zero attached hydrogens (tertiary/aromatic N) is 1. The monoisotopic (exact) mass is 328 g/mol. The second-order valence-corrected chi connectivity index (χ2v) is 3.87. The van der Waals surface area contributed by atoms with Gasteiger partial charge in [0, 0.05) is 0 Å². The number of nitrogens with two attached hydrogens (primary N) is 1. The predicted octanol–water partition coefficient (Wildman–Crippen LogP) is 2.64. The molecule has 0 bridgehead atoms. The van der Waals surface area contributed by atoms with Crippen molar-refractivity contribution in [1.29, 1.82) is 0 Å². The zero-order valence-electron chi connectivity index (χ0n) is 6.60. The average Bonchev–Trinajstić information content (AvgIpc) is 2.02. The molecular formula is C7H4Br2F2N2O. The molecule has 7 heteroatoms. The zero-order chi connectivity index (χ0) is 10.9. The van der Waals surface area contributed by atoms with E-state index < -0.39 is 12.3 Å². The van der Waals surface area contributed by atoms with E-state index in [0.29, 0.717) is 0 Å². The fraction of sp³-hybridized carbons (Fsp3) is 0.143. The van der Waals surface area contributed by atoms with Crippen LogP contribution in [0.3, 0.4) is 0 Å². The fourth-order valence-electron chi connectivity index (χ4n) is 0.811. The largest absolute Gasteiger partial charge is 0.366 e. The zero-order valence-corrected chi connectivity index (χ0v) is 9.77. The topological polar surface area (TPSA) is 56.0 Å². The summed E-state index contributed by atoms with van der Waals surface area (Å²) in [5.74, 6) is -0.807. The van der Waals surface area contributed by atoms with Gasteiger partial charge in [-0.05, 0) is 37.9 Å². The van der Waals surface area contributed by atoms with Crippen LogP contribution < -0.4 is 5.73 Å². The van der Waals surface area contributed by atoms with E-state index in [1.807, 2.05) is 0 Å². The van der Waals surface area contributed by atoms with Crippen molar-refractivity contribution in [3.05, 3.63) is 26.4 Å². The van der Waals surface area contributed by atoms with Crippen LogP contribution in [0.1, 0.15) is 22.3 Å². The van der Waals surface area contributed by atoms with Crippen LogP contribution in [0.4, 0.5) is 8.78 Å². The minimum absolute atomic E-state index is 0.00984. The molecule has 0 atom stereocenters. The second kappa shape index (κ2) is 4.31. The first-order valence-electron chi connectivity index (χ1n) is 3.37. The number of alkyl halides is 2. The van der Waals surface area contributed by atoms with Crippen molar-refractivity contribution in [1.82, 2.24) is 4.98 Å². The Balaban J connectivity index is 3.34. The van der Waals surface area contributed by atoms with Crippen molar-refractivity contribution in [2.45, 2.75) is 6.43 Å². The molecule has 1 aromatic rings. The molecule has 0 aliphatic rings. The predicted molar refractivity (Wildman–Crippen MR) is 53.1 cm³/mol. The Morgan fingerprint density at radius 3 is 2.43 bits per heavy atom. The number of carbonyl (C=O) groups is 1. The van der Waals surface area contributed by atoms with Crippen LogP contribution in [0.2, 0.25) is 0 Å². The van der Waals surface area contributed by atoms with Gasteiger partial charge < -0.3 is 5.73 Å². The summed E-state index contributed by atoms with van der Waals surface area (Å²) < 4.78 is 24.9. The van der Waals surface area contributed by atoms with Crippen molar-refractivity contribution in [2.75, 3.05) is 0 Å². The molecular weight excluding hydrogens is 326 g/mol. The van der Waals surface area contributed by atoms with Crippen molar-refractivity contribution in [2.24, 2.45) is 5.73 Å². The van der Waals surface area contributed by atoms with Gasteiger partial charge in [-0.2, -0.15) is 0 Å². The molecule has 0 aliphatic heterocycles. The molecule has 0 saturated heterocycles. The van der Waals surface area contributed by atoms with Gasteiger partial charge in [-0.25, -0.2) is 13.8 Å². The third-order valence-electron chi connectivity index (χ3n) is 1.46. The highest BCUT2D eigenvalue weighted by Crippen LogP contribution is 2.29. The third-order valence-corrected chi connectivity index (χ3v) is 2.70. The highest BCUT2D eigenvalue weighted by molar-refractivity contribution is 9.11. The summed E-state index contributed by atoms with van der Waals surface area (Å²) in [6, 6.07) is 1.01. The molecule has 0 spiro atoms. The summed E-state index contributed by atoms with van der Waals surface area (Å²) in [6.45, 7) is 0. The number of rotatable bonds is 2. The molecule has 1 amide bonds. The third kappa shape index (κ3) is 2.27. The number of primary amides is 1. The quantitative estimate of drug-likeness (QED) is 0.848. The Hall–Kier alpha value is -0.560. The molecule has 0 aromatic carbocycles. The van der Waals surface area contributed by atoms with E-state index in [0.717, 1.165) is 6.07 Å². The van der Waals surface area contributed by atoms with E-state index in [2.05, 4.69) is 36.8 Å². The summed E-state index contributed by atoms with van der Waals surface area (Å²) in [5, 5.41) is 0. The van der Waals surface area contributed by atoms with Gasteiger partial charge in [-0.15, -0.1) is 0 Å². The molecule has 14 heavy (non-hydrogen) atoms. The van der Waals surface area contributed by atoms with Crippen LogP contribution in [0, 0.1) is 0 Å². The van der Waals surface area contributed by atoms with E-state index in [1.165, 1.54) is 0 Å². The van der Waals surface area contributed by atoms with Gasteiger partial charge in [0.1, 0.15) is 9.21 Å². The van der Waals surface area contributed by atoms with Gasteiger partial charge in [0.05, 0.1) is 11.1 Å². The van der Waals surface area contributed by atoms with E-state index in [1.54, 1.807) is 0 Å². The number of halogens is 4. The maximum absolute atomic E-state index is 12.4. The van der Waals surface area contributed by atoms with Crippen molar-refractivity contribution in [3.8, 4) is 0 Å². The number of hydrogen-bond acceptors (Lipinski definition) is 2. The van der Waals surface area contributed by atoms with Crippen LogP contribution in [0.5, 0.6) is 0 Å². The van der Waals surface area contributed by atoms with Crippen molar-refractivity contribution < 1.29 is 13.6 Å². The summed E-state index contributed by atoms with van der Waals surface area (Å²) in [7, 11) is 0. The molecule has 2 N–H and O–H groups in total. The molecule has 76 valence electrons. The maximum atomic E-state index is 12.4. The van der Waals surface area contributed by atoms with E-state index >= 15 is 0 Å². The van der Waals surface area contributed by atoms with E-state index in [4.69, 9.17) is 5.73 Å². The Morgan fingerprint density at radius 2 is 2.00 bits per heavy atom. The number of aromatic nitrogens is 1. The highest BCUT2D eigenvalue weighted by Gasteiger charge is 2.18. The minimum atomic E-state index is -2.71. The maximum Gasteiger partial charge on any atom is 0.266 e. The van der Waals surface area contributed by atoms with Crippen LogP contribution >= 0.6 is 31.9 Å². The number of hydrogen-bond donors (Lipinski definition) is 1. The van der Waals surface area contributed by atoms with Crippen LogP contribution in [0.15, 0.2) is 15.3 Å². The molecule has 0 aliphatic carbocycles. The van der Waals surface area contributed by atoms with Crippen LogP contribution in [-0.2, 0) is 0 Å². The summed E-state index contributed by atoms with van der Waals surface area (Å²) in [4.78, 5) is 14.5. The van der Waals surface area contributed by atoms with Gasteiger partial charge in [-0.3, -0.25) is 4.79 Å². The van der Waals surface area contributed by atoms with Gasteiger partial charge in [0.2, 0.25) is 0 Å². The Bertz CT molecular complexity index is 384. The first kappa shape index (κ1) is 11.5. The van der Waals surface area contributed by atoms with Crippen molar-refractivity contribution in [3.63, 3.8) is 0 Å². The number of pyridine rings is 1. The molecule has 3 nitrogen and oxygen atoms in total. The van der Waals surface area contributed by atoms with Crippen LogP contribution in [0.25, 0.3) is 0 Å². The first-order chi connectivity index (χ1) is 6.43. The summed E-state index contributed by atoms with van der Waals surface area (Å²) in [6.07, 6.45) is -2.71. The minimum Gasteiger partial charge on any atom is -0.366 e. The van der Waals surface area contributed by atoms with Gasteiger partial charge in [0.15, 0.2) is 0 Å². The van der Waals surface area contributed by atoms with E-state index in [-0.39, 0.29) is 20.3 Å². The summed E-state index contributed by atoms with van der Waals surface area (Å²) >= 11 is 5.80. The SMILES string of the molecule is NC(=O)c1cc(C(F)F)c(Br)nc1Br. The molecule has 1 rings (SSSR count). The normalized spacial score (nSPS) is 10.6.